The zero-order valence-electron chi connectivity index (χ0n) is 11.4. The van der Waals surface area contributed by atoms with Crippen LogP contribution in [0.1, 0.15) is 11.1 Å². The molecule has 0 amide bonds. The highest BCUT2D eigenvalue weighted by Crippen LogP contribution is 2.49. The molecule has 134 valence electrons. The van der Waals surface area contributed by atoms with Crippen LogP contribution in [0.3, 0.4) is 0 Å². The Hall–Kier alpha value is -2.43. The highest BCUT2D eigenvalue weighted by Gasteiger charge is 2.53. The molecule has 2 aromatic rings. The smallest absolute Gasteiger partial charge is 0.275 e. The molecule has 2 atom stereocenters. The zero-order valence-corrected chi connectivity index (χ0v) is 11.4. The van der Waals surface area contributed by atoms with Crippen LogP contribution in [0, 0.1) is 34.9 Å². The average molecular weight is 374 g/mol. The second-order valence-corrected chi connectivity index (χ2v) is 5.12. The summed E-state index contributed by atoms with van der Waals surface area (Å²) >= 11 is 0. The van der Waals surface area contributed by atoms with Gasteiger partial charge in [-0.05, 0) is 0 Å². The van der Waals surface area contributed by atoms with E-state index < -0.39 is 80.4 Å². The number of rotatable bonds is 0. The lowest BCUT2D eigenvalue weighted by Gasteiger charge is -2.30. The van der Waals surface area contributed by atoms with Gasteiger partial charge in [-0.25, -0.2) is 39.5 Å². The summed E-state index contributed by atoms with van der Waals surface area (Å²) in [5.41, 5.74) is -3.92. The quantitative estimate of drug-likeness (QED) is 0.409. The lowest BCUT2D eigenvalue weighted by Crippen LogP contribution is -2.38. The number of fused-ring (bicyclic) bond motifs is 3. The molecule has 2 nitrogen and oxygen atoms in total. The molecule has 0 aromatic heterocycles. The average Bonchev–Trinajstić information content (AvgIpc) is 2.56. The summed E-state index contributed by atoms with van der Waals surface area (Å²) in [6.07, 6.45) is -3.75. The summed E-state index contributed by atoms with van der Waals surface area (Å²) in [6, 6.07) is 0. The summed E-state index contributed by atoms with van der Waals surface area (Å²) in [6.45, 7) is 0. The van der Waals surface area contributed by atoms with Crippen molar-refractivity contribution >= 4 is 16.5 Å². The van der Waals surface area contributed by atoms with Crippen LogP contribution in [-0.4, -0.2) is 16.4 Å². The molecule has 0 aliphatic heterocycles. The van der Waals surface area contributed by atoms with E-state index in [2.05, 4.69) is 0 Å². The van der Waals surface area contributed by atoms with Crippen molar-refractivity contribution in [3.05, 3.63) is 51.9 Å². The molecular weight excluding hydrogens is 371 g/mol. The predicted octanol–water partition coefficient (Wildman–Crippen LogP) is 4.34. The molecule has 0 spiro atoms. The van der Waals surface area contributed by atoms with Crippen molar-refractivity contribution in [1.29, 1.82) is 0 Å². The predicted molar refractivity (Wildman–Crippen MR) is 64.3 cm³/mol. The molecule has 11 heteroatoms. The minimum absolute atomic E-state index is 1.79. The minimum atomic E-state index is -4.65. The van der Waals surface area contributed by atoms with Crippen molar-refractivity contribution in [3.63, 3.8) is 0 Å². The van der Waals surface area contributed by atoms with Gasteiger partial charge in [0.05, 0.1) is 10.9 Å². The molecule has 0 fully saturated rings. The van der Waals surface area contributed by atoms with E-state index in [9.17, 15) is 49.7 Å². The molecule has 0 saturated carbocycles. The normalized spacial score (nSPS) is 23.4. The number of aliphatic hydroxyl groups excluding tert-OH is 1. The first-order valence-electron chi connectivity index (χ1n) is 6.25. The van der Waals surface area contributed by atoms with Crippen LogP contribution in [0.25, 0.3) is 16.5 Å². The number of hydrogen-bond donors (Lipinski definition) is 2. The molecule has 0 bridgehead atoms. The van der Waals surface area contributed by atoms with Gasteiger partial charge in [-0.1, -0.05) is 0 Å². The number of aliphatic hydroxyl groups is 2. The Labute approximate surface area is 131 Å². The standard InChI is InChI=1S/C14H3F9O2/c15-5-1-2-4(14(23,25)13(22)11(21)12(2)24)8(18)6(16)3(1)7(17)10(20)9(5)19/h13,24-25H. The van der Waals surface area contributed by atoms with E-state index >= 15 is 0 Å². The van der Waals surface area contributed by atoms with Gasteiger partial charge < -0.3 is 10.2 Å². The third-order valence-electron chi connectivity index (χ3n) is 3.77. The molecule has 0 saturated heterocycles. The fourth-order valence-electron chi connectivity index (χ4n) is 2.63. The largest absolute Gasteiger partial charge is 0.505 e. The first kappa shape index (κ1) is 17.4. The maximum atomic E-state index is 14.1. The van der Waals surface area contributed by atoms with Crippen molar-refractivity contribution < 1.29 is 49.7 Å². The van der Waals surface area contributed by atoms with E-state index in [1.165, 1.54) is 0 Å². The Morgan fingerprint density at radius 3 is 1.68 bits per heavy atom. The molecule has 25 heavy (non-hydrogen) atoms. The van der Waals surface area contributed by atoms with Gasteiger partial charge in [0, 0.05) is 10.9 Å². The molecule has 1 aliphatic rings. The Bertz CT molecular complexity index is 981. The van der Waals surface area contributed by atoms with Gasteiger partial charge >= 0.3 is 0 Å². The van der Waals surface area contributed by atoms with Crippen LogP contribution in [0.2, 0.25) is 0 Å². The van der Waals surface area contributed by atoms with E-state index in [4.69, 9.17) is 0 Å². The van der Waals surface area contributed by atoms with Crippen molar-refractivity contribution in [2.75, 3.05) is 0 Å². The van der Waals surface area contributed by atoms with Crippen LogP contribution in [-0.2, 0) is 5.85 Å². The SMILES string of the molecule is OC1=C(F)C(F)C(O)(F)c2c(F)c(F)c3c(F)c(F)c(F)c(F)c3c21. The van der Waals surface area contributed by atoms with E-state index in [0.29, 0.717) is 0 Å². The summed E-state index contributed by atoms with van der Waals surface area (Å²) in [4.78, 5) is 0. The summed E-state index contributed by atoms with van der Waals surface area (Å²) < 4.78 is 123. The Balaban J connectivity index is 2.73. The van der Waals surface area contributed by atoms with Crippen molar-refractivity contribution in [2.24, 2.45) is 0 Å². The van der Waals surface area contributed by atoms with Crippen LogP contribution in [0.15, 0.2) is 5.83 Å². The van der Waals surface area contributed by atoms with Crippen molar-refractivity contribution in [3.8, 4) is 0 Å². The van der Waals surface area contributed by atoms with Crippen LogP contribution in [0.4, 0.5) is 39.5 Å². The van der Waals surface area contributed by atoms with Crippen LogP contribution < -0.4 is 0 Å². The van der Waals surface area contributed by atoms with E-state index in [-0.39, 0.29) is 0 Å². The molecule has 0 radical (unpaired) electrons. The van der Waals surface area contributed by atoms with Crippen molar-refractivity contribution in [1.82, 2.24) is 0 Å². The second-order valence-electron chi connectivity index (χ2n) is 5.12. The van der Waals surface area contributed by atoms with Crippen LogP contribution in [0.5, 0.6) is 0 Å². The first-order valence-corrected chi connectivity index (χ1v) is 6.25. The first-order chi connectivity index (χ1) is 11.4. The van der Waals surface area contributed by atoms with Gasteiger partial charge in [-0.2, -0.15) is 0 Å². The topological polar surface area (TPSA) is 40.5 Å². The number of halogens is 9. The Morgan fingerprint density at radius 1 is 0.720 bits per heavy atom. The van der Waals surface area contributed by atoms with Gasteiger partial charge in [-0.3, -0.25) is 0 Å². The highest BCUT2D eigenvalue weighted by molar-refractivity contribution is 5.97. The molecule has 2 aromatic carbocycles. The van der Waals surface area contributed by atoms with Crippen molar-refractivity contribution in [2.45, 2.75) is 12.0 Å². The number of alkyl halides is 2. The molecule has 0 heterocycles. The molecular formula is C14H3F9O2. The Morgan fingerprint density at radius 2 is 1.16 bits per heavy atom. The fraction of sp³-hybridized carbons (Fsp3) is 0.143. The zero-order chi connectivity index (χ0) is 19.0. The van der Waals surface area contributed by atoms with E-state index in [1.54, 1.807) is 0 Å². The van der Waals surface area contributed by atoms with E-state index in [0.717, 1.165) is 0 Å². The minimum Gasteiger partial charge on any atom is -0.505 e. The third-order valence-corrected chi connectivity index (χ3v) is 3.77. The molecule has 1 aliphatic carbocycles. The summed E-state index contributed by atoms with van der Waals surface area (Å²) in [5.74, 6) is -24.3. The fourth-order valence-corrected chi connectivity index (χ4v) is 2.63. The lowest BCUT2D eigenvalue weighted by atomic mass is 9.85. The maximum Gasteiger partial charge on any atom is 0.275 e. The molecule has 2 N–H and O–H groups in total. The summed E-state index contributed by atoms with van der Waals surface area (Å²) in [5, 5.41) is 15.1. The number of hydrogen-bond acceptors (Lipinski definition) is 2. The molecule has 3 rings (SSSR count). The van der Waals surface area contributed by atoms with E-state index in [1.807, 2.05) is 0 Å². The van der Waals surface area contributed by atoms with Gasteiger partial charge in [0.25, 0.3) is 5.85 Å². The van der Waals surface area contributed by atoms with Gasteiger partial charge in [0.2, 0.25) is 6.17 Å². The maximum absolute atomic E-state index is 14.1. The number of benzene rings is 2. The Kier molecular flexibility index (Phi) is 3.50. The lowest BCUT2D eigenvalue weighted by molar-refractivity contribution is -0.149. The third kappa shape index (κ3) is 1.92. The highest BCUT2D eigenvalue weighted by atomic mass is 19.2. The van der Waals surface area contributed by atoms with Gasteiger partial charge in [0.1, 0.15) is 0 Å². The summed E-state index contributed by atoms with van der Waals surface area (Å²) in [7, 11) is 0. The van der Waals surface area contributed by atoms with Crippen LogP contribution >= 0.6 is 0 Å². The van der Waals surface area contributed by atoms with Gasteiger partial charge in [0.15, 0.2) is 46.5 Å². The molecule has 2 unspecified atom stereocenters. The van der Waals surface area contributed by atoms with Gasteiger partial charge in [-0.15, -0.1) is 0 Å². The second kappa shape index (κ2) is 5.04. The monoisotopic (exact) mass is 374 g/mol.